The summed E-state index contributed by atoms with van der Waals surface area (Å²) < 4.78 is 1.27. The highest BCUT2D eigenvalue weighted by Crippen LogP contribution is 2.23. The van der Waals surface area contributed by atoms with Gasteiger partial charge in [0.2, 0.25) is 0 Å². The molecular weight excluding hydrogens is 268 g/mol. The summed E-state index contributed by atoms with van der Waals surface area (Å²) in [6.45, 7) is -0.741. The molecule has 0 aliphatic heterocycles. The molecule has 0 aliphatic carbocycles. The molecule has 0 bridgehead atoms. The normalized spacial score (nSPS) is 17.9. The van der Waals surface area contributed by atoms with Crippen LogP contribution in [0.5, 0.6) is 0 Å². The van der Waals surface area contributed by atoms with Gasteiger partial charge in [0, 0.05) is 0 Å². The molecule has 0 amide bonds. The molecule has 4 atom stereocenters. The van der Waals surface area contributed by atoms with Crippen molar-refractivity contribution >= 4 is 11.3 Å². The van der Waals surface area contributed by atoms with Crippen LogP contribution in [0.4, 0.5) is 5.82 Å². The summed E-state index contributed by atoms with van der Waals surface area (Å²) in [4.78, 5) is 3.78. The lowest BCUT2D eigenvalue weighted by atomic mass is 10.0. The minimum absolute atomic E-state index is 0.172. The number of aromatic nitrogens is 3. The van der Waals surface area contributed by atoms with Crippen LogP contribution in [0.3, 0.4) is 0 Å². The summed E-state index contributed by atoms with van der Waals surface area (Å²) in [6.07, 6.45) is -5.32. The Morgan fingerprint density at radius 2 is 1.85 bits per heavy atom. The number of aliphatic hydroxyl groups excluding tert-OH is 5. The van der Waals surface area contributed by atoms with Crippen LogP contribution in [0.25, 0.3) is 5.52 Å². The molecule has 2 aromatic rings. The Kier molecular flexibility index (Phi) is 4.16. The second kappa shape index (κ2) is 5.69. The van der Waals surface area contributed by atoms with E-state index in [1.807, 2.05) is 0 Å². The number of hydrogen-bond acceptors (Lipinski definition) is 8. The van der Waals surface area contributed by atoms with Crippen molar-refractivity contribution in [3.63, 3.8) is 0 Å². The maximum Gasteiger partial charge on any atom is 0.151 e. The Morgan fingerprint density at radius 3 is 2.50 bits per heavy atom. The molecule has 9 nitrogen and oxygen atoms in total. The highest BCUT2D eigenvalue weighted by atomic mass is 16.4. The van der Waals surface area contributed by atoms with Gasteiger partial charge in [-0.15, -0.1) is 0 Å². The largest absolute Gasteiger partial charge is 0.394 e. The van der Waals surface area contributed by atoms with Crippen molar-refractivity contribution in [2.24, 2.45) is 0 Å². The minimum Gasteiger partial charge on any atom is -0.394 e. The van der Waals surface area contributed by atoms with Crippen molar-refractivity contribution in [2.45, 2.75) is 24.4 Å². The van der Waals surface area contributed by atoms with Crippen LogP contribution < -0.4 is 5.73 Å². The third-order valence-electron chi connectivity index (χ3n) is 3.07. The zero-order chi connectivity index (χ0) is 14.9. The van der Waals surface area contributed by atoms with Crippen LogP contribution >= 0.6 is 0 Å². The van der Waals surface area contributed by atoms with Crippen molar-refractivity contribution in [3.05, 3.63) is 24.2 Å². The molecule has 0 aromatic carbocycles. The number of nitrogen functional groups attached to an aromatic ring is 1. The van der Waals surface area contributed by atoms with Gasteiger partial charge in [0.15, 0.2) is 5.82 Å². The standard InChI is InChI=1S/C11H16N4O5/c12-11-6-2-1-5(15(6)14-4-13-11)8(18)10(20)9(19)7(17)3-16/h1-2,4,7-10,16-20H,3H2,(H2,12,13,14)/t7-,8+,9-,10+/m1/s1. The highest BCUT2D eigenvalue weighted by molar-refractivity contribution is 5.65. The zero-order valence-electron chi connectivity index (χ0n) is 10.4. The first-order valence-corrected chi connectivity index (χ1v) is 5.88. The van der Waals surface area contributed by atoms with Crippen LogP contribution in [-0.4, -0.2) is 65.0 Å². The average molecular weight is 284 g/mol. The molecule has 9 heteroatoms. The van der Waals surface area contributed by atoms with Gasteiger partial charge in [-0.2, -0.15) is 5.10 Å². The quantitative estimate of drug-likeness (QED) is 0.349. The molecule has 0 saturated carbocycles. The smallest absolute Gasteiger partial charge is 0.151 e. The molecule has 110 valence electrons. The fourth-order valence-corrected chi connectivity index (χ4v) is 1.89. The van der Waals surface area contributed by atoms with E-state index in [4.69, 9.17) is 10.8 Å². The van der Waals surface area contributed by atoms with Crippen molar-refractivity contribution in [3.8, 4) is 0 Å². The molecule has 0 saturated heterocycles. The van der Waals surface area contributed by atoms with Gasteiger partial charge in [0.05, 0.1) is 12.3 Å². The van der Waals surface area contributed by atoms with Gasteiger partial charge in [-0.05, 0) is 12.1 Å². The molecule has 0 unspecified atom stereocenters. The van der Waals surface area contributed by atoms with Crippen molar-refractivity contribution in [1.82, 2.24) is 14.6 Å². The first-order chi connectivity index (χ1) is 9.47. The summed E-state index contributed by atoms with van der Waals surface area (Å²) in [5, 5.41) is 51.4. The Balaban J connectivity index is 2.32. The first kappa shape index (κ1) is 14.6. The van der Waals surface area contributed by atoms with E-state index < -0.39 is 31.0 Å². The number of aliphatic hydroxyl groups is 5. The minimum atomic E-state index is -1.71. The van der Waals surface area contributed by atoms with Gasteiger partial charge in [-0.3, -0.25) is 0 Å². The lowest BCUT2D eigenvalue weighted by Crippen LogP contribution is -2.43. The number of nitrogens with two attached hydrogens (primary N) is 1. The second-order valence-electron chi connectivity index (χ2n) is 4.38. The zero-order valence-corrected chi connectivity index (χ0v) is 10.4. The average Bonchev–Trinajstić information content (AvgIpc) is 2.89. The third kappa shape index (κ3) is 2.44. The molecule has 2 heterocycles. The van der Waals surface area contributed by atoms with E-state index in [0.29, 0.717) is 5.52 Å². The fraction of sp³-hybridized carbons (Fsp3) is 0.455. The van der Waals surface area contributed by atoms with Gasteiger partial charge in [0.1, 0.15) is 36.3 Å². The Labute approximate surface area is 113 Å². The Bertz CT molecular complexity index is 589. The van der Waals surface area contributed by atoms with E-state index in [-0.39, 0.29) is 11.5 Å². The lowest BCUT2D eigenvalue weighted by molar-refractivity contribution is -0.117. The maximum atomic E-state index is 10.1. The predicted octanol–water partition coefficient (Wildman–Crippen LogP) is -2.58. The first-order valence-electron chi connectivity index (χ1n) is 5.88. The Hall–Kier alpha value is -1.78. The summed E-state index contributed by atoms with van der Waals surface area (Å²) in [5.74, 6) is 0.198. The lowest BCUT2D eigenvalue weighted by Gasteiger charge is -2.25. The number of anilines is 1. The van der Waals surface area contributed by atoms with Gasteiger partial charge in [-0.25, -0.2) is 9.50 Å². The van der Waals surface area contributed by atoms with Crippen molar-refractivity contribution in [2.75, 3.05) is 12.3 Å². The van der Waals surface area contributed by atoms with Crippen molar-refractivity contribution in [1.29, 1.82) is 0 Å². The van der Waals surface area contributed by atoms with Gasteiger partial charge < -0.3 is 31.3 Å². The highest BCUT2D eigenvalue weighted by Gasteiger charge is 2.32. The number of hydrogen-bond donors (Lipinski definition) is 6. The third-order valence-corrected chi connectivity index (χ3v) is 3.07. The molecule has 0 fully saturated rings. The van der Waals surface area contributed by atoms with Crippen LogP contribution in [0.2, 0.25) is 0 Å². The fourth-order valence-electron chi connectivity index (χ4n) is 1.89. The molecule has 0 aliphatic rings. The van der Waals surface area contributed by atoms with Crippen LogP contribution in [0, 0.1) is 0 Å². The number of fused-ring (bicyclic) bond motifs is 1. The molecule has 7 N–H and O–H groups in total. The maximum absolute atomic E-state index is 10.1. The Morgan fingerprint density at radius 1 is 1.15 bits per heavy atom. The van der Waals surface area contributed by atoms with Gasteiger partial charge in [-0.1, -0.05) is 0 Å². The van der Waals surface area contributed by atoms with Crippen LogP contribution in [0.1, 0.15) is 11.8 Å². The number of rotatable bonds is 5. The molecule has 20 heavy (non-hydrogen) atoms. The summed E-state index contributed by atoms with van der Waals surface area (Å²) in [5.41, 5.74) is 6.24. The topological polar surface area (TPSA) is 157 Å². The molecule has 2 rings (SSSR count). The molecule has 0 spiro atoms. The van der Waals surface area contributed by atoms with Gasteiger partial charge >= 0.3 is 0 Å². The number of nitrogens with zero attached hydrogens (tertiary/aromatic N) is 3. The van der Waals surface area contributed by atoms with Crippen LogP contribution in [0.15, 0.2) is 18.5 Å². The summed E-state index contributed by atoms with van der Waals surface area (Å²) in [6, 6.07) is 3.02. The molecular formula is C11H16N4O5. The summed E-state index contributed by atoms with van der Waals surface area (Å²) >= 11 is 0. The van der Waals surface area contributed by atoms with Crippen molar-refractivity contribution < 1.29 is 25.5 Å². The van der Waals surface area contributed by atoms with E-state index in [2.05, 4.69) is 10.1 Å². The van der Waals surface area contributed by atoms with E-state index in [1.165, 1.54) is 16.9 Å². The predicted molar refractivity (Wildman–Crippen MR) is 67.5 cm³/mol. The van der Waals surface area contributed by atoms with E-state index in [0.717, 1.165) is 0 Å². The molecule has 2 aromatic heterocycles. The summed E-state index contributed by atoms with van der Waals surface area (Å²) in [7, 11) is 0. The SMILES string of the molecule is Nc1ncnn2c([C@H](O)[C@H](O)[C@H](O)[C@H](O)CO)ccc12. The van der Waals surface area contributed by atoms with Crippen LogP contribution in [-0.2, 0) is 0 Å². The monoisotopic (exact) mass is 284 g/mol. The second-order valence-corrected chi connectivity index (χ2v) is 4.38. The van der Waals surface area contributed by atoms with E-state index in [1.54, 1.807) is 6.07 Å². The molecule has 0 radical (unpaired) electrons. The van der Waals surface area contributed by atoms with Gasteiger partial charge in [0.25, 0.3) is 0 Å². The van der Waals surface area contributed by atoms with E-state index >= 15 is 0 Å². The van der Waals surface area contributed by atoms with E-state index in [9.17, 15) is 20.4 Å².